The number of allylic oxidation sites excluding steroid dienone is 1. The molecule has 2 aliphatic rings. The van der Waals surface area contributed by atoms with Crippen LogP contribution in [0.3, 0.4) is 0 Å². The van der Waals surface area contributed by atoms with Crippen LogP contribution in [0.2, 0.25) is 0 Å². The molecule has 0 saturated heterocycles. The minimum absolute atomic E-state index is 0.920. The SMILES string of the molecule is C1=CC2=C(NCS2)c2ccccc2O1. The molecule has 0 atom stereocenters. The number of thioether (sulfide) groups is 1. The lowest BCUT2D eigenvalue weighted by Gasteiger charge is -2.07. The van der Waals surface area contributed by atoms with E-state index in [0.717, 1.165) is 17.2 Å². The summed E-state index contributed by atoms with van der Waals surface area (Å²) >= 11 is 1.80. The predicted molar refractivity (Wildman–Crippen MR) is 58.7 cm³/mol. The van der Waals surface area contributed by atoms with E-state index in [4.69, 9.17) is 4.74 Å². The average molecular weight is 203 g/mol. The van der Waals surface area contributed by atoms with Crippen molar-refractivity contribution in [2.75, 3.05) is 5.88 Å². The Morgan fingerprint density at radius 1 is 1.29 bits per heavy atom. The van der Waals surface area contributed by atoms with Gasteiger partial charge in [-0.3, -0.25) is 0 Å². The normalized spacial score (nSPS) is 18.0. The average Bonchev–Trinajstić information content (AvgIpc) is 2.61. The van der Waals surface area contributed by atoms with Crippen LogP contribution in [0.25, 0.3) is 5.70 Å². The van der Waals surface area contributed by atoms with Crippen molar-refractivity contribution in [1.29, 1.82) is 0 Å². The molecule has 0 fully saturated rings. The summed E-state index contributed by atoms with van der Waals surface area (Å²) in [5.41, 5.74) is 2.34. The van der Waals surface area contributed by atoms with E-state index < -0.39 is 0 Å². The maximum absolute atomic E-state index is 5.51. The Bertz CT molecular complexity index is 437. The van der Waals surface area contributed by atoms with E-state index in [1.165, 1.54) is 10.6 Å². The van der Waals surface area contributed by atoms with Crippen molar-refractivity contribution >= 4 is 17.5 Å². The highest BCUT2D eigenvalue weighted by Gasteiger charge is 2.19. The molecule has 2 heterocycles. The van der Waals surface area contributed by atoms with Gasteiger partial charge < -0.3 is 10.1 Å². The van der Waals surface area contributed by atoms with Crippen LogP contribution in [-0.2, 0) is 0 Å². The van der Waals surface area contributed by atoms with Crippen molar-refractivity contribution in [3.05, 3.63) is 47.1 Å². The first-order valence-electron chi connectivity index (χ1n) is 4.49. The Morgan fingerprint density at radius 3 is 3.21 bits per heavy atom. The van der Waals surface area contributed by atoms with Gasteiger partial charge in [-0.2, -0.15) is 0 Å². The highest BCUT2D eigenvalue weighted by atomic mass is 32.2. The summed E-state index contributed by atoms with van der Waals surface area (Å²) in [6.07, 6.45) is 3.77. The van der Waals surface area contributed by atoms with Gasteiger partial charge in [-0.15, -0.1) is 11.8 Å². The van der Waals surface area contributed by atoms with Gasteiger partial charge in [0, 0.05) is 10.5 Å². The zero-order valence-corrected chi connectivity index (χ0v) is 8.30. The standard InChI is InChI=1S/C11H9NOS/c1-2-4-9-8(3-1)11-10(5-6-13-9)14-7-12-11/h1-6,12H,7H2. The number of nitrogens with one attached hydrogen (secondary N) is 1. The Hall–Kier alpha value is -1.35. The van der Waals surface area contributed by atoms with Gasteiger partial charge in [0.25, 0.3) is 0 Å². The van der Waals surface area contributed by atoms with Gasteiger partial charge in [-0.05, 0) is 18.2 Å². The zero-order valence-electron chi connectivity index (χ0n) is 7.49. The molecule has 0 aromatic heterocycles. The molecule has 0 amide bonds. The number of benzene rings is 1. The minimum Gasteiger partial charge on any atom is -0.464 e. The van der Waals surface area contributed by atoms with Crippen LogP contribution < -0.4 is 10.1 Å². The summed E-state index contributed by atoms with van der Waals surface area (Å²) < 4.78 is 5.51. The number of hydrogen-bond donors (Lipinski definition) is 1. The fraction of sp³-hybridized carbons (Fsp3) is 0.0909. The van der Waals surface area contributed by atoms with E-state index in [2.05, 4.69) is 11.4 Å². The quantitative estimate of drug-likeness (QED) is 0.700. The van der Waals surface area contributed by atoms with Crippen LogP contribution in [0.4, 0.5) is 0 Å². The molecular weight excluding hydrogens is 194 g/mol. The molecule has 0 unspecified atom stereocenters. The van der Waals surface area contributed by atoms with Crippen molar-refractivity contribution in [3.8, 4) is 5.75 Å². The fourth-order valence-electron chi connectivity index (χ4n) is 1.65. The molecule has 70 valence electrons. The van der Waals surface area contributed by atoms with Crippen molar-refractivity contribution in [1.82, 2.24) is 5.32 Å². The summed E-state index contributed by atoms with van der Waals surface area (Å²) in [5, 5.41) is 3.37. The summed E-state index contributed by atoms with van der Waals surface area (Å²) in [7, 11) is 0. The zero-order chi connectivity index (χ0) is 9.38. The third-order valence-corrected chi connectivity index (χ3v) is 3.23. The molecule has 0 bridgehead atoms. The van der Waals surface area contributed by atoms with Gasteiger partial charge in [-0.25, -0.2) is 0 Å². The Morgan fingerprint density at radius 2 is 2.21 bits per heavy atom. The van der Waals surface area contributed by atoms with Gasteiger partial charge in [-0.1, -0.05) is 12.1 Å². The second-order valence-electron chi connectivity index (χ2n) is 3.12. The second-order valence-corrected chi connectivity index (χ2v) is 4.14. The number of rotatable bonds is 0. The number of fused-ring (bicyclic) bond motifs is 2. The second kappa shape index (κ2) is 3.10. The highest BCUT2D eigenvalue weighted by molar-refractivity contribution is 8.03. The number of para-hydroxylation sites is 1. The Labute approximate surface area is 86.7 Å². The minimum atomic E-state index is 0.920. The molecule has 14 heavy (non-hydrogen) atoms. The van der Waals surface area contributed by atoms with Gasteiger partial charge in [0.2, 0.25) is 0 Å². The molecule has 3 rings (SSSR count). The van der Waals surface area contributed by atoms with E-state index in [1.54, 1.807) is 18.0 Å². The van der Waals surface area contributed by atoms with Gasteiger partial charge >= 0.3 is 0 Å². The molecule has 1 aromatic carbocycles. The smallest absolute Gasteiger partial charge is 0.135 e. The first-order chi connectivity index (χ1) is 6.95. The fourth-order valence-corrected chi connectivity index (χ4v) is 2.50. The number of ether oxygens (including phenoxy) is 1. The maximum Gasteiger partial charge on any atom is 0.135 e. The highest BCUT2D eigenvalue weighted by Crippen LogP contribution is 2.37. The van der Waals surface area contributed by atoms with E-state index in [-0.39, 0.29) is 0 Å². The first-order valence-corrected chi connectivity index (χ1v) is 5.47. The maximum atomic E-state index is 5.51. The largest absolute Gasteiger partial charge is 0.464 e. The van der Waals surface area contributed by atoms with Crippen LogP contribution in [0.1, 0.15) is 5.56 Å². The summed E-state index contributed by atoms with van der Waals surface area (Å²) in [6, 6.07) is 8.08. The van der Waals surface area contributed by atoms with Crippen LogP contribution in [0.15, 0.2) is 41.5 Å². The van der Waals surface area contributed by atoms with E-state index >= 15 is 0 Å². The predicted octanol–water partition coefficient (Wildman–Crippen LogP) is 2.56. The first kappa shape index (κ1) is 8.00. The molecular formula is C11H9NOS. The lowest BCUT2D eigenvalue weighted by molar-refractivity contribution is 0.480. The van der Waals surface area contributed by atoms with E-state index in [9.17, 15) is 0 Å². The summed E-state index contributed by atoms with van der Waals surface area (Å²) in [5.74, 6) is 1.87. The van der Waals surface area contributed by atoms with Crippen LogP contribution >= 0.6 is 11.8 Å². The molecule has 1 N–H and O–H groups in total. The third kappa shape index (κ3) is 1.13. The topological polar surface area (TPSA) is 21.3 Å². The number of hydrogen-bond acceptors (Lipinski definition) is 3. The van der Waals surface area contributed by atoms with E-state index in [1.807, 2.05) is 24.3 Å². The Kier molecular flexibility index (Phi) is 1.77. The molecule has 3 heteroatoms. The molecule has 0 radical (unpaired) electrons. The van der Waals surface area contributed by atoms with Crippen LogP contribution in [-0.4, -0.2) is 5.88 Å². The van der Waals surface area contributed by atoms with Crippen molar-refractivity contribution in [2.24, 2.45) is 0 Å². The summed E-state index contributed by atoms with van der Waals surface area (Å²) in [4.78, 5) is 1.26. The Balaban J connectivity index is 2.22. The van der Waals surface area contributed by atoms with Gasteiger partial charge in [0.05, 0.1) is 17.8 Å². The summed E-state index contributed by atoms with van der Waals surface area (Å²) in [6.45, 7) is 0. The molecule has 0 aliphatic carbocycles. The van der Waals surface area contributed by atoms with Crippen molar-refractivity contribution in [3.63, 3.8) is 0 Å². The van der Waals surface area contributed by atoms with Gasteiger partial charge in [0.15, 0.2) is 0 Å². The molecule has 1 aromatic rings. The lowest BCUT2D eigenvalue weighted by Crippen LogP contribution is -2.05. The molecule has 2 aliphatic heterocycles. The van der Waals surface area contributed by atoms with Crippen molar-refractivity contribution in [2.45, 2.75) is 0 Å². The van der Waals surface area contributed by atoms with E-state index in [0.29, 0.717) is 0 Å². The molecule has 0 spiro atoms. The molecule has 0 saturated carbocycles. The lowest BCUT2D eigenvalue weighted by atomic mass is 10.1. The van der Waals surface area contributed by atoms with Crippen molar-refractivity contribution < 1.29 is 4.74 Å². The molecule has 2 nitrogen and oxygen atoms in total. The third-order valence-electron chi connectivity index (χ3n) is 2.29. The van der Waals surface area contributed by atoms with Crippen LogP contribution in [0, 0.1) is 0 Å². The van der Waals surface area contributed by atoms with Gasteiger partial charge in [0.1, 0.15) is 5.75 Å². The monoisotopic (exact) mass is 203 g/mol. The van der Waals surface area contributed by atoms with Crippen LogP contribution in [0.5, 0.6) is 5.75 Å².